The van der Waals surface area contributed by atoms with Crippen LogP contribution in [0.25, 0.3) is 0 Å². The van der Waals surface area contributed by atoms with Crippen molar-refractivity contribution in [1.82, 2.24) is 0 Å². The van der Waals surface area contributed by atoms with Crippen LogP contribution in [0.4, 0.5) is 0 Å². The SMILES string of the molecule is CC(C)(C)c1ccc(OP(Oc2ccc(C(C)(C)C)cc2C(C)(C)C)Oc2ccc(C(C)(C)C)cc2C(C)(C)C)c(C(C)(C)C)c1.CCCCCCCCCCCCCOP(O)O. The Hall–Kier alpha value is -2.20. The average Bonchev–Trinajstić information content (AvgIpc) is 3.13. The minimum Gasteiger partial charge on any atom is -0.408 e. The predicted molar refractivity (Wildman–Crippen MR) is 274 cm³/mol. The average molecular weight is 911 g/mol. The zero-order valence-corrected chi connectivity index (χ0v) is 45.4. The van der Waals surface area contributed by atoms with Gasteiger partial charge in [0.25, 0.3) is 0 Å². The minimum atomic E-state index is -2.14. The van der Waals surface area contributed by atoms with Crippen LogP contribution < -0.4 is 13.6 Å². The van der Waals surface area contributed by atoms with Crippen LogP contribution in [0.1, 0.15) is 236 Å². The Morgan fingerprint density at radius 1 is 0.381 bits per heavy atom. The number of hydrogen-bond donors (Lipinski definition) is 2. The second-order valence-corrected chi connectivity index (χ2v) is 25.5. The number of unbranched alkanes of at least 4 members (excludes halogenated alkanes) is 10. The van der Waals surface area contributed by atoms with Crippen LogP contribution in [-0.4, -0.2) is 16.4 Å². The Bertz CT molecular complexity index is 1610. The van der Waals surface area contributed by atoms with E-state index in [1.165, 1.54) is 74.5 Å². The molecule has 0 aromatic heterocycles. The van der Waals surface area contributed by atoms with Gasteiger partial charge in [-0.2, -0.15) is 0 Å². The third kappa shape index (κ3) is 20.5. The van der Waals surface area contributed by atoms with E-state index in [0.717, 1.165) is 46.8 Å². The summed E-state index contributed by atoms with van der Waals surface area (Å²) in [7, 11) is -4.03. The normalized spacial score (nSPS) is 13.0. The fourth-order valence-corrected chi connectivity index (χ4v) is 8.56. The van der Waals surface area contributed by atoms with Gasteiger partial charge in [0, 0.05) is 16.7 Å². The third-order valence-electron chi connectivity index (χ3n) is 11.4. The molecule has 358 valence electrons. The highest BCUT2D eigenvalue weighted by Gasteiger charge is 2.32. The molecule has 2 N–H and O–H groups in total. The topological polar surface area (TPSA) is 77.4 Å². The van der Waals surface area contributed by atoms with Crippen molar-refractivity contribution >= 4 is 17.2 Å². The highest BCUT2D eigenvalue weighted by Crippen LogP contribution is 2.50. The summed E-state index contributed by atoms with van der Waals surface area (Å²) in [6, 6.07) is 19.7. The summed E-state index contributed by atoms with van der Waals surface area (Å²) >= 11 is 0. The van der Waals surface area contributed by atoms with Gasteiger partial charge >= 0.3 is 17.2 Å². The molecular weight excluding hydrogens is 819 g/mol. The molecular formula is C55H92O6P2. The summed E-state index contributed by atoms with van der Waals surface area (Å²) in [6.45, 7) is 43.1. The van der Waals surface area contributed by atoms with E-state index in [-0.39, 0.29) is 32.5 Å². The molecule has 0 radical (unpaired) electrons. The summed E-state index contributed by atoms with van der Waals surface area (Å²) < 4.78 is 25.4. The van der Waals surface area contributed by atoms with Gasteiger partial charge in [0.2, 0.25) is 0 Å². The van der Waals surface area contributed by atoms with Gasteiger partial charge in [-0.1, -0.05) is 232 Å². The molecule has 0 unspecified atom stereocenters. The second kappa shape index (κ2) is 24.5. The van der Waals surface area contributed by atoms with Crippen LogP contribution in [0.15, 0.2) is 54.6 Å². The van der Waals surface area contributed by atoms with E-state index >= 15 is 0 Å². The first-order valence-electron chi connectivity index (χ1n) is 24.0. The number of benzene rings is 3. The molecule has 0 bridgehead atoms. The van der Waals surface area contributed by atoms with Crippen molar-refractivity contribution in [3.63, 3.8) is 0 Å². The highest BCUT2D eigenvalue weighted by molar-refractivity contribution is 7.43. The molecule has 0 saturated heterocycles. The smallest absolute Gasteiger partial charge is 0.408 e. The quantitative estimate of drug-likeness (QED) is 0.0922. The Morgan fingerprint density at radius 2 is 0.651 bits per heavy atom. The molecule has 0 aliphatic carbocycles. The van der Waals surface area contributed by atoms with Crippen LogP contribution in [-0.2, 0) is 37.0 Å². The van der Waals surface area contributed by atoms with E-state index in [0.29, 0.717) is 6.61 Å². The summed E-state index contributed by atoms with van der Waals surface area (Å²) in [4.78, 5) is 17.0. The van der Waals surface area contributed by atoms with Gasteiger partial charge in [-0.25, -0.2) is 0 Å². The molecule has 8 heteroatoms. The molecule has 0 aliphatic rings. The maximum Gasteiger partial charge on any atom is 0.530 e. The van der Waals surface area contributed by atoms with Gasteiger partial charge in [-0.3, -0.25) is 0 Å². The largest absolute Gasteiger partial charge is 0.530 e. The van der Waals surface area contributed by atoms with Crippen molar-refractivity contribution in [2.24, 2.45) is 0 Å². The van der Waals surface area contributed by atoms with Gasteiger partial charge in [0.05, 0.1) is 6.61 Å². The second-order valence-electron chi connectivity index (χ2n) is 23.8. The van der Waals surface area contributed by atoms with Gasteiger partial charge in [-0.15, -0.1) is 0 Å². The minimum absolute atomic E-state index is 0.0170. The third-order valence-corrected chi connectivity index (χ3v) is 12.9. The van der Waals surface area contributed by atoms with Crippen molar-refractivity contribution in [1.29, 1.82) is 0 Å². The molecule has 3 aromatic carbocycles. The van der Waals surface area contributed by atoms with Crippen molar-refractivity contribution in [2.45, 2.75) is 235 Å². The van der Waals surface area contributed by atoms with E-state index in [2.05, 4.69) is 186 Å². The number of rotatable bonds is 19. The van der Waals surface area contributed by atoms with E-state index in [1.54, 1.807) is 0 Å². The molecule has 63 heavy (non-hydrogen) atoms. The molecule has 0 spiro atoms. The van der Waals surface area contributed by atoms with E-state index < -0.39 is 17.2 Å². The summed E-state index contributed by atoms with van der Waals surface area (Å²) in [5.41, 5.74) is 6.85. The molecule has 3 aromatic rings. The molecule has 0 saturated carbocycles. The first-order valence-corrected chi connectivity index (χ1v) is 26.2. The molecule has 0 fully saturated rings. The van der Waals surface area contributed by atoms with E-state index in [1.807, 2.05) is 0 Å². The Kier molecular flexibility index (Phi) is 22.2. The maximum atomic E-state index is 8.51. The van der Waals surface area contributed by atoms with Crippen molar-refractivity contribution in [3.05, 3.63) is 88.0 Å². The molecule has 6 nitrogen and oxygen atoms in total. The monoisotopic (exact) mass is 911 g/mol. The summed E-state index contributed by atoms with van der Waals surface area (Å²) in [5.74, 6) is 2.37. The zero-order chi connectivity index (χ0) is 48.0. The van der Waals surface area contributed by atoms with Crippen molar-refractivity contribution in [2.75, 3.05) is 6.61 Å². The first kappa shape index (κ1) is 56.9. The Labute approximate surface area is 390 Å². The molecule has 0 atom stereocenters. The summed E-state index contributed by atoms with van der Waals surface area (Å²) in [5, 5.41) is 0. The van der Waals surface area contributed by atoms with Crippen LogP contribution in [0.2, 0.25) is 0 Å². The van der Waals surface area contributed by atoms with Crippen molar-refractivity contribution < 1.29 is 27.9 Å². The van der Waals surface area contributed by atoms with Gasteiger partial charge in [0.15, 0.2) is 0 Å². The fourth-order valence-electron chi connectivity index (χ4n) is 7.20. The van der Waals surface area contributed by atoms with Gasteiger partial charge in [0.1, 0.15) is 17.2 Å². The van der Waals surface area contributed by atoms with Crippen molar-refractivity contribution in [3.8, 4) is 17.2 Å². The molecule has 3 rings (SSSR count). The predicted octanol–water partition coefficient (Wildman–Crippen LogP) is 17.8. The van der Waals surface area contributed by atoms with Crippen LogP contribution in [0, 0.1) is 0 Å². The lowest BCUT2D eigenvalue weighted by Crippen LogP contribution is -2.20. The summed E-state index contributed by atoms with van der Waals surface area (Å²) in [6.07, 6.45) is 14.3. The lowest BCUT2D eigenvalue weighted by atomic mass is 9.80. The van der Waals surface area contributed by atoms with E-state index in [9.17, 15) is 0 Å². The number of hydrogen-bond acceptors (Lipinski definition) is 6. The Balaban J connectivity index is 0.000000677. The lowest BCUT2D eigenvalue weighted by Gasteiger charge is -2.31. The Morgan fingerprint density at radius 3 is 0.889 bits per heavy atom. The fraction of sp³-hybridized carbons (Fsp3) is 0.673. The van der Waals surface area contributed by atoms with Crippen LogP contribution in [0.5, 0.6) is 17.2 Å². The standard InChI is InChI=1S/C42H63O3P.C13H29O3P/c1-37(2,3)28-19-22-34(31(25-28)40(10,11)12)43-46(44-35-23-20-29(38(4,5)6)26-32(35)41(13,14)15)45-36-24-21-30(39(7,8)9)27-33(36)42(16,17)18;1-2-3-4-5-6-7-8-9-10-11-12-13-16-17(14)15/h19-27H,1-18H3;14-15H,2-13H2,1H3. The van der Waals surface area contributed by atoms with Gasteiger partial charge in [-0.05, 0) is 73.8 Å². The lowest BCUT2D eigenvalue weighted by molar-refractivity contribution is 0.248. The van der Waals surface area contributed by atoms with Gasteiger partial charge < -0.3 is 27.9 Å². The van der Waals surface area contributed by atoms with E-state index in [4.69, 9.17) is 27.9 Å². The van der Waals surface area contributed by atoms with Crippen LogP contribution in [0.3, 0.4) is 0 Å². The highest BCUT2D eigenvalue weighted by atomic mass is 31.2. The zero-order valence-electron chi connectivity index (χ0n) is 43.6. The first-order chi connectivity index (χ1) is 28.9. The molecule has 0 amide bonds. The van der Waals surface area contributed by atoms with Crippen LogP contribution >= 0.6 is 17.2 Å². The molecule has 0 aliphatic heterocycles. The maximum absolute atomic E-state index is 8.51. The molecule has 0 heterocycles.